The van der Waals surface area contributed by atoms with Crippen molar-refractivity contribution >= 4 is 11.3 Å². The Morgan fingerprint density at radius 2 is 2.27 bits per heavy atom. The molecule has 0 N–H and O–H groups in total. The van der Waals surface area contributed by atoms with Crippen LogP contribution in [-0.2, 0) is 13.7 Å². The average Bonchev–Trinajstić information content (AvgIpc) is 3.16. The van der Waals surface area contributed by atoms with E-state index in [1.54, 1.807) is 24.4 Å². The number of aromatic nitrogens is 5. The van der Waals surface area contributed by atoms with Crippen molar-refractivity contribution in [2.24, 2.45) is 7.05 Å². The van der Waals surface area contributed by atoms with Crippen LogP contribution in [0.4, 0.5) is 0 Å². The van der Waals surface area contributed by atoms with Crippen LogP contribution in [0, 0.1) is 12.3 Å². The molecule has 110 valence electrons. The lowest BCUT2D eigenvalue weighted by Crippen LogP contribution is -2.23. The lowest BCUT2D eigenvalue weighted by atomic mass is 10.1. The molecule has 0 radical (unpaired) electrons. The first-order valence-corrected chi connectivity index (χ1v) is 7.19. The van der Waals surface area contributed by atoms with Crippen molar-refractivity contribution in [1.82, 2.24) is 24.8 Å². The van der Waals surface area contributed by atoms with Crippen molar-refractivity contribution in [3.63, 3.8) is 0 Å². The summed E-state index contributed by atoms with van der Waals surface area (Å²) in [5.74, 6) is 2.59. The predicted octanol–water partition coefficient (Wildman–Crippen LogP) is 0.983. The number of nitrogens with zero attached hydrogens (tertiary/aromatic N) is 5. The molecule has 3 rings (SSSR count). The fourth-order valence-corrected chi connectivity index (χ4v) is 2.43. The number of terminal acetylenes is 1. The Labute approximate surface area is 129 Å². The second-order valence-corrected chi connectivity index (χ2v) is 5.19. The molecular formula is C14H11N5O2S. The third-order valence-electron chi connectivity index (χ3n) is 3.01. The molecule has 0 aliphatic heterocycles. The van der Waals surface area contributed by atoms with Crippen molar-refractivity contribution in [3.05, 3.63) is 51.4 Å². The lowest BCUT2D eigenvalue weighted by Gasteiger charge is -2.10. The maximum atomic E-state index is 12.1. The van der Waals surface area contributed by atoms with Crippen LogP contribution in [-0.4, -0.2) is 24.8 Å². The summed E-state index contributed by atoms with van der Waals surface area (Å²) in [5, 5.41) is 9.91. The van der Waals surface area contributed by atoms with Gasteiger partial charge in [-0.1, -0.05) is 23.3 Å². The molecule has 8 heteroatoms. The van der Waals surface area contributed by atoms with Gasteiger partial charge < -0.3 is 4.74 Å². The molecular weight excluding hydrogens is 302 g/mol. The number of hydrogen-bond donors (Lipinski definition) is 0. The van der Waals surface area contributed by atoms with Gasteiger partial charge in [0.05, 0.1) is 5.69 Å². The van der Waals surface area contributed by atoms with Crippen molar-refractivity contribution < 1.29 is 4.74 Å². The molecule has 3 aromatic rings. The van der Waals surface area contributed by atoms with E-state index in [4.69, 9.17) is 11.2 Å². The molecule has 0 fully saturated rings. The minimum atomic E-state index is -0.357. The normalized spacial score (nSPS) is 10.4. The molecule has 1 aromatic carbocycles. The standard InChI is InChI=1S/C14H11N5O2S/c1-3-10-5-4-6-12(19-14(20)18(2)16-17-19)11(10)9-21-13-15-7-8-22-13/h1,4-8H,9H2,2H3. The third kappa shape index (κ3) is 2.49. The molecule has 0 amide bonds. The van der Waals surface area contributed by atoms with E-state index in [2.05, 4.69) is 21.3 Å². The summed E-state index contributed by atoms with van der Waals surface area (Å²) in [5.41, 5.74) is 1.50. The quantitative estimate of drug-likeness (QED) is 0.671. The van der Waals surface area contributed by atoms with Gasteiger partial charge in [-0.3, -0.25) is 0 Å². The molecule has 0 bridgehead atoms. The highest BCUT2D eigenvalue weighted by atomic mass is 32.1. The van der Waals surface area contributed by atoms with E-state index in [1.165, 1.54) is 23.1 Å². The van der Waals surface area contributed by atoms with Crippen LogP contribution >= 0.6 is 11.3 Å². The van der Waals surface area contributed by atoms with Crippen LogP contribution < -0.4 is 10.4 Å². The topological polar surface area (TPSA) is 74.8 Å². The molecule has 2 heterocycles. The maximum absolute atomic E-state index is 12.1. The van der Waals surface area contributed by atoms with Crippen LogP contribution in [0.25, 0.3) is 5.69 Å². The average molecular weight is 313 g/mol. The predicted molar refractivity (Wildman–Crippen MR) is 81.0 cm³/mol. The van der Waals surface area contributed by atoms with E-state index in [-0.39, 0.29) is 12.3 Å². The van der Waals surface area contributed by atoms with Gasteiger partial charge in [-0.05, 0) is 22.6 Å². The molecule has 0 saturated heterocycles. The summed E-state index contributed by atoms with van der Waals surface area (Å²) in [6, 6.07) is 5.29. The first-order valence-electron chi connectivity index (χ1n) is 6.31. The summed E-state index contributed by atoms with van der Waals surface area (Å²) in [7, 11) is 1.53. The number of benzene rings is 1. The van der Waals surface area contributed by atoms with Gasteiger partial charge >= 0.3 is 5.69 Å². The molecule has 22 heavy (non-hydrogen) atoms. The number of thiazole rings is 1. The Bertz CT molecular complexity index is 889. The van der Waals surface area contributed by atoms with Gasteiger partial charge in [0.1, 0.15) is 6.61 Å². The zero-order valence-corrected chi connectivity index (χ0v) is 12.4. The summed E-state index contributed by atoms with van der Waals surface area (Å²) >= 11 is 1.38. The van der Waals surface area contributed by atoms with Crippen LogP contribution in [0.5, 0.6) is 5.19 Å². The molecule has 0 aliphatic carbocycles. The molecule has 0 unspecified atom stereocenters. The van der Waals surface area contributed by atoms with E-state index in [0.717, 1.165) is 4.68 Å². The first kappa shape index (κ1) is 14.0. The van der Waals surface area contributed by atoms with E-state index in [9.17, 15) is 4.79 Å². The molecule has 0 spiro atoms. The fourth-order valence-electron chi connectivity index (χ4n) is 1.94. The minimum absolute atomic E-state index is 0.187. The number of hydrogen-bond acceptors (Lipinski definition) is 6. The monoisotopic (exact) mass is 313 g/mol. The van der Waals surface area contributed by atoms with Gasteiger partial charge in [0.2, 0.25) is 0 Å². The van der Waals surface area contributed by atoms with E-state index in [1.807, 2.05) is 5.38 Å². The molecule has 0 saturated carbocycles. The molecule has 7 nitrogen and oxygen atoms in total. The Morgan fingerprint density at radius 1 is 1.41 bits per heavy atom. The van der Waals surface area contributed by atoms with E-state index < -0.39 is 0 Å². The van der Waals surface area contributed by atoms with E-state index >= 15 is 0 Å². The highest BCUT2D eigenvalue weighted by Crippen LogP contribution is 2.21. The first-order chi connectivity index (χ1) is 10.7. The summed E-state index contributed by atoms with van der Waals surface area (Å²) < 4.78 is 7.97. The van der Waals surface area contributed by atoms with Gasteiger partial charge in [0.15, 0.2) is 0 Å². The number of rotatable bonds is 4. The Kier molecular flexibility index (Phi) is 3.72. The Morgan fingerprint density at radius 3 is 2.91 bits per heavy atom. The summed E-state index contributed by atoms with van der Waals surface area (Å²) in [6.07, 6.45) is 7.20. The van der Waals surface area contributed by atoms with Gasteiger partial charge in [-0.25, -0.2) is 9.78 Å². The zero-order chi connectivity index (χ0) is 15.5. The van der Waals surface area contributed by atoms with Gasteiger partial charge in [-0.15, -0.1) is 6.42 Å². The number of tetrazole rings is 1. The van der Waals surface area contributed by atoms with Crippen LogP contribution in [0.1, 0.15) is 11.1 Å². The van der Waals surface area contributed by atoms with Gasteiger partial charge in [0.25, 0.3) is 5.19 Å². The SMILES string of the molecule is C#Cc1cccc(-n2nnn(C)c2=O)c1COc1nccs1. The number of aryl methyl sites for hydroxylation is 1. The second kappa shape index (κ2) is 5.83. The van der Waals surface area contributed by atoms with Gasteiger partial charge in [-0.2, -0.15) is 9.36 Å². The summed E-state index contributed by atoms with van der Waals surface area (Å²) in [4.78, 5) is 16.1. The lowest BCUT2D eigenvalue weighted by molar-refractivity contribution is 0.303. The number of ether oxygens (including phenoxy) is 1. The third-order valence-corrected chi connectivity index (χ3v) is 3.69. The van der Waals surface area contributed by atoms with Crippen molar-refractivity contribution in [2.45, 2.75) is 6.61 Å². The molecule has 0 aliphatic rings. The minimum Gasteiger partial charge on any atom is -0.465 e. The van der Waals surface area contributed by atoms with Crippen molar-refractivity contribution in [2.75, 3.05) is 0 Å². The van der Waals surface area contributed by atoms with Crippen molar-refractivity contribution in [3.8, 4) is 23.2 Å². The highest BCUT2D eigenvalue weighted by molar-refractivity contribution is 7.11. The Hall–Kier alpha value is -2.92. The zero-order valence-electron chi connectivity index (χ0n) is 11.6. The van der Waals surface area contributed by atoms with Crippen LogP contribution in [0.15, 0.2) is 34.6 Å². The maximum Gasteiger partial charge on any atom is 0.368 e. The smallest absolute Gasteiger partial charge is 0.368 e. The Balaban J connectivity index is 2.05. The van der Waals surface area contributed by atoms with E-state index in [0.29, 0.717) is 22.0 Å². The van der Waals surface area contributed by atoms with Crippen LogP contribution in [0.3, 0.4) is 0 Å². The molecule has 0 atom stereocenters. The van der Waals surface area contributed by atoms with Crippen LogP contribution in [0.2, 0.25) is 0 Å². The van der Waals surface area contributed by atoms with Gasteiger partial charge in [0, 0.05) is 29.8 Å². The largest absolute Gasteiger partial charge is 0.465 e. The summed E-state index contributed by atoms with van der Waals surface area (Å²) in [6.45, 7) is 0.187. The highest BCUT2D eigenvalue weighted by Gasteiger charge is 2.14. The second-order valence-electron chi connectivity index (χ2n) is 4.33. The molecule has 2 aromatic heterocycles. The fraction of sp³-hybridized carbons (Fsp3) is 0.143. The van der Waals surface area contributed by atoms with Crippen molar-refractivity contribution in [1.29, 1.82) is 0 Å².